The molecule has 0 saturated heterocycles. The van der Waals surface area contributed by atoms with Gasteiger partial charge in [0, 0.05) is 26.2 Å². The first-order valence-corrected chi connectivity index (χ1v) is 14.9. The molecule has 0 bridgehead atoms. The van der Waals surface area contributed by atoms with E-state index in [9.17, 15) is 4.79 Å². The monoisotopic (exact) mass is 565 g/mol. The third-order valence-electron chi connectivity index (χ3n) is 3.03. The van der Waals surface area contributed by atoms with Crippen molar-refractivity contribution in [3.05, 3.63) is 60.5 Å². The van der Waals surface area contributed by atoms with E-state index >= 15 is 0 Å². The van der Waals surface area contributed by atoms with E-state index in [4.69, 9.17) is 5.11 Å². The zero-order valence-electron chi connectivity index (χ0n) is 14.8. The van der Waals surface area contributed by atoms with E-state index in [1.807, 2.05) is 30.5 Å². The third kappa shape index (κ3) is 8.58. The molecule has 1 aromatic carbocycles. The molecule has 2 aromatic rings. The van der Waals surface area contributed by atoms with E-state index < -0.39 is 13.3 Å². The fraction of sp³-hybridized carbons (Fsp3) is 0.263. The van der Waals surface area contributed by atoms with Gasteiger partial charge in [0.25, 0.3) is 0 Å². The summed E-state index contributed by atoms with van der Waals surface area (Å²) >= 11 is -1.72. The molecule has 24 heavy (non-hydrogen) atoms. The Kier molecular flexibility index (Phi) is 10.1. The maximum Gasteiger partial charge on any atom is 0 e. The zero-order chi connectivity index (χ0) is 17.5. The fourth-order valence-corrected chi connectivity index (χ4v) is 4.02. The molecular formula is C19H24GeIrNO2-. The second-order valence-corrected chi connectivity index (χ2v) is 17.0. The first-order chi connectivity index (χ1) is 10.7. The van der Waals surface area contributed by atoms with Crippen molar-refractivity contribution >= 4 is 23.4 Å². The van der Waals surface area contributed by atoms with E-state index in [1.165, 1.54) is 24.3 Å². The van der Waals surface area contributed by atoms with Crippen LogP contribution in [0.15, 0.2) is 54.4 Å². The second-order valence-electron chi connectivity index (χ2n) is 6.35. The standard InChI is InChI=1S/C14H16GeN.C5H8O2.Ir/c1-15(2,3)13-9-10-14(16-11-13)12-7-5-4-6-8-12;1-4(6)3-5(2)7;/h4-7,9-11H,1-3H3;3,6H,1-2H3;/q-1;;. The van der Waals surface area contributed by atoms with Crippen molar-refractivity contribution in [3.63, 3.8) is 0 Å². The molecule has 0 aliphatic rings. The van der Waals surface area contributed by atoms with E-state index in [2.05, 4.69) is 40.5 Å². The predicted molar refractivity (Wildman–Crippen MR) is 98.6 cm³/mol. The maximum atomic E-state index is 10.0. The van der Waals surface area contributed by atoms with Gasteiger partial charge in [-0.1, -0.05) is 0 Å². The topological polar surface area (TPSA) is 50.2 Å². The molecular weight excluding hydrogens is 539 g/mol. The molecule has 0 atom stereocenters. The Balaban J connectivity index is 0.000000570. The normalized spacial score (nSPS) is 11.0. The van der Waals surface area contributed by atoms with Gasteiger partial charge in [-0.3, -0.25) is 4.79 Å². The number of aliphatic hydroxyl groups is 1. The molecule has 0 fully saturated rings. The summed E-state index contributed by atoms with van der Waals surface area (Å²) in [7, 11) is 0. The van der Waals surface area contributed by atoms with Crippen molar-refractivity contribution in [3.8, 4) is 11.3 Å². The average Bonchev–Trinajstić information content (AvgIpc) is 2.47. The van der Waals surface area contributed by atoms with Crippen LogP contribution in [-0.4, -0.2) is 29.1 Å². The first-order valence-electron chi connectivity index (χ1n) is 7.51. The number of hydrogen-bond acceptors (Lipinski definition) is 3. The number of allylic oxidation sites excluding steroid dienone is 2. The van der Waals surface area contributed by atoms with Crippen LogP contribution in [0.2, 0.25) is 17.3 Å². The molecule has 0 spiro atoms. The van der Waals surface area contributed by atoms with Crippen LogP contribution in [0.5, 0.6) is 0 Å². The van der Waals surface area contributed by atoms with Gasteiger partial charge in [0.2, 0.25) is 0 Å². The van der Waals surface area contributed by atoms with Crippen LogP contribution >= 0.6 is 0 Å². The van der Waals surface area contributed by atoms with Gasteiger partial charge in [-0.15, -0.1) is 0 Å². The number of pyridine rings is 1. The van der Waals surface area contributed by atoms with Crippen molar-refractivity contribution in [2.45, 2.75) is 31.1 Å². The molecule has 2 rings (SSSR count). The molecule has 1 N–H and O–H groups in total. The summed E-state index contributed by atoms with van der Waals surface area (Å²) < 4.78 is 1.44. The first kappa shape index (κ1) is 22.8. The molecule has 1 heterocycles. The smallest absolute Gasteiger partial charge is 0 e. The molecule has 1 aromatic heterocycles. The van der Waals surface area contributed by atoms with Crippen molar-refractivity contribution in [1.29, 1.82) is 0 Å². The second kappa shape index (κ2) is 10.6. The zero-order valence-corrected chi connectivity index (χ0v) is 19.2. The molecule has 131 valence electrons. The number of nitrogens with zero attached hydrogens (tertiary/aromatic N) is 1. The number of aliphatic hydroxyl groups excluding tert-OH is 1. The molecule has 0 amide bonds. The van der Waals surface area contributed by atoms with Crippen LogP contribution in [0.1, 0.15) is 13.8 Å². The predicted octanol–water partition coefficient (Wildman–Crippen LogP) is 4.13. The average molecular weight is 563 g/mol. The van der Waals surface area contributed by atoms with Gasteiger partial charge in [-0.25, -0.2) is 0 Å². The van der Waals surface area contributed by atoms with E-state index in [0.29, 0.717) is 0 Å². The number of carbonyl (C=O) groups is 1. The molecule has 0 saturated carbocycles. The number of aromatic nitrogens is 1. The van der Waals surface area contributed by atoms with Gasteiger partial charge in [0.05, 0.1) is 5.76 Å². The minimum Gasteiger partial charge on any atom is 0 e. The van der Waals surface area contributed by atoms with Gasteiger partial charge in [-0.05, 0) is 13.8 Å². The Hall–Kier alpha value is -1.23. The number of ketones is 1. The molecule has 0 unspecified atom stereocenters. The summed E-state index contributed by atoms with van der Waals surface area (Å²) in [4.78, 5) is 14.5. The van der Waals surface area contributed by atoms with Gasteiger partial charge in [0.15, 0.2) is 5.78 Å². The molecule has 0 aliphatic carbocycles. The number of rotatable bonds is 3. The minimum atomic E-state index is -1.72. The van der Waals surface area contributed by atoms with Gasteiger partial charge in [-0.2, -0.15) is 0 Å². The third-order valence-corrected chi connectivity index (χ3v) is 7.28. The van der Waals surface area contributed by atoms with Crippen LogP contribution < -0.4 is 4.40 Å². The molecule has 1 radical (unpaired) electrons. The summed E-state index contributed by atoms with van der Waals surface area (Å²) in [6.07, 6.45) is 3.20. The fourth-order valence-electron chi connectivity index (χ4n) is 1.84. The van der Waals surface area contributed by atoms with E-state index in [1.54, 1.807) is 0 Å². The van der Waals surface area contributed by atoms with Crippen molar-refractivity contribution in [2.75, 3.05) is 0 Å². The summed E-state index contributed by atoms with van der Waals surface area (Å²) in [5.41, 5.74) is 2.08. The van der Waals surface area contributed by atoms with Gasteiger partial charge in [0.1, 0.15) is 0 Å². The van der Waals surface area contributed by atoms with Crippen molar-refractivity contribution in [2.24, 2.45) is 0 Å². The quantitative estimate of drug-likeness (QED) is 0.265. The van der Waals surface area contributed by atoms with Crippen LogP contribution in [0.25, 0.3) is 11.3 Å². The molecule has 0 aliphatic heterocycles. The Morgan fingerprint density at radius 3 is 2.17 bits per heavy atom. The summed E-state index contributed by atoms with van der Waals surface area (Å²) in [5.74, 6) is 7.08. The Bertz CT molecular complexity index is 658. The van der Waals surface area contributed by atoms with E-state index in [-0.39, 0.29) is 31.6 Å². The van der Waals surface area contributed by atoms with Crippen molar-refractivity contribution in [1.82, 2.24) is 4.98 Å². The molecule has 5 heteroatoms. The maximum absolute atomic E-state index is 10.0. The Morgan fingerprint density at radius 1 is 1.17 bits per heavy atom. The molecule has 3 nitrogen and oxygen atoms in total. The number of benzene rings is 1. The Morgan fingerprint density at radius 2 is 1.83 bits per heavy atom. The summed E-state index contributed by atoms with van der Waals surface area (Å²) in [5, 5.41) is 8.36. The van der Waals surface area contributed by atoms with E-state index in [0.717, 1.165) is 11.3 Å². The van der Waals surface area contributed by atoms with Crippen LogP contribution in [0, 0.1) is 6.07 Å². The largest absolute Gasteiger partial charge is 0 e. The number of carbonyl (C=O) groups excluding carboxylic acids is 1. The van der Waals surface area contributed by atoms with Gasteiger partial charge >= 0.3 is 99.8 Å². The SMILES string of the molecule is CC(=O)C=C(C)O.[CH3][Ge]([CH3])([CH3])[c]1ccc(-c2[c-]cccc2)nc1.[Ir]. The van der Waals surface area contributed by atoms with Crippen LogP contribution in [0.4, 0.5) is 0 Å². The summed E-state index contributed by atoms with van der Waals surface area (Å²) in [6, 6.07) is 15.5. The van der Waals surface area contributed by atoms with Crippen molar-refractivity contribution < 1.29 is 30.0 Å². The summed E-state index contributed by atoms with van der Waals surface area (Å²) in [6.45, 7) is 2.85. The Labute approximate surface area is 160 Å². The van der Waals surface area contributed by atoms with Gasteiger partial charge < -0.3 is 5.11 Å². The number of hydrogen-bond donors (Lipinski definition) is 1. The van der Waals surface area contributed by atoms with Crippen LogP contribution in [-0.2, 0) is 24.9 Å². The minimum absolute atomic E-state index is 0. The van der Waals surface area contributed by atoms with Crippen LogP contribution in [0.3, 0.4) is 0 Å².